The van der Waals surface area contributed by atoms with Gasteiger partial charge in [-0.1, -0.05) is 6.92 Å². The zero-order valence-corrected chi connectivity index (χ0v) is 11.6. The van der Waals surface area contributed by atoms with E-state index in [1.807, 2.05) is 4.90 Å². The number of nitrogens with zero attached hydrogens (tertiary/aromatic N) is 1. The van der Waals surface area contributed by atoms with Crippen molar-refractivity contribution in [2.24, 2.45) is 5.41 Å². The molecule has 2 saturated heterocycles. The van der Waals surface area contributed by atoms with E-state index in [-0.39, 0.29) is 23.5 Å². The second kappa shape index (κ2) is 5.55. The Morgan fingerprint density at radius 3 is 2.11 bits per heavy atom. The van der Waals surface area contributed by atoms with Crippen LogP contribution in [0.3, 0.4) is 0 Å². The zero-order chi connectivity index (χ0) is 13.2. The van der Waals surface area contributed by atoms with Gasteiger partial charge in [-0.15, -0.1) is 0 Å². The number of amides is 1. The van der Waals surface area contributed by atoms with E-state index in [1.165, 1.54) is 0 Å². The molecule has 5 heteroatoms. The number of carbonyl (C=O) groups excluding carboxylic acids is 1. The van der Waals surface area contributed by atoms with E-state index in [9.17, 15) is 4.79 Å². The maximum Gasteiger partial charge on any atom is 0.228 e. The molecular weight excluding hydrogens is 232 g/mol. The molecule has 1 amide bonds. The summed E-state index contributed by atoms with van der Waals surface area (Å²) in [5, 5.41) is 3.31. The van der Waals surface area contributed by atoms with Gasteiger partial charge in [-0.3, -0.25) is 4.79 Å². The Hall–Kier alpha value is -0.650. The fourth-order valence-corrected chi connectivity index (χ4v) is 2.94. The first-order valence-corrected chi connectivity index (χ1v) is 6.66. The van der Waals surface area contributed by atoms with Gasteiger partial charge in [0, 0.05) is 32.7 Å². The number of ether oxygens (including phenoxy) is 2. The minimum Gasteiger partial charge on any atom is -0.377 e. The highest BCUT2D eigenvalue weighted by molar-refractivity contribution is 5.83. The van der Waals surface area contributed by atoms with Crippen LogP contribution in [-0.4, -0.2) is 63.4 Å². The molecule has 0 spiro atoms. The minimum atomic E-state index is -0.216. The van der Waals surface area contributed by atoms with Crippen molar-refractivity contribution < 1.29 is 14.3 Å². The standard InChI is InChI=1S/C13H24N2O3/c1-13(4-6-14-7-5-13)12(16)15-8-10(17-2)11(9-15)18-3/h10-11,14H,4-9H2,1-3H3. The quantitative estimate of drug-likeness (QED) is 0.786. The van der Waals surface area contributed by atoms with Crippen LogP contribution in [-0.2, 0) is 14.3 Å². The summed E-state index contributed by atoms with van der Waals surface area (Å²) < 4.78 is 10.8. The Kier molecular flexibility index (Phi) is 4.25. The van der Waals surface area contributed by atoms with Crippen LogP contribution in [0.4, 0.5) is 0 Å². The lowest BCUT2D eigenvalue weighted by molar-refractivity contribution is -0.142. The molecule has 2 unspecified atom stereocenters. The lowest BCUT2D eigenvalue weighted by Crippen LogP contribution is -2.47. The number of rotatable bonds is 3. The van der Waals surface area contributed by atoms with Crippen molar-refractivity contribution in [3.05, 3.63) is 0 Å². The molecule has 1 N–H and O–H groups in total. The SMILES string of the molecule is COC1CN(C(=O)C2(C)CCNCC2)CC1OC. The molecule has 0 aromatic rings. The fraction of sp³-hybridized carbons (Fsp3) is 0.923. The van der Waals surface area contributed by atoms with Gasteiger partial charge in [0.15, 0.2) is 0 Å². The van der Waals surface area contributed by atoms with Crippen molar-refractivity contribution in [3.8, 4) is 0 Å². The molecule has 0 aromatic carbocycles. The van der Waals surface area contributed by atoms with Crippen molar-refractivity contribution in [2.75, 3.05) is 40.4 Å². The minimum absolute atomic E-state index is 0.00395. The molecule has 2 heterocycles. The molecule has 0 saturated carbocycles. The first-order valence-electron chi connectivity index (χ1n) is 6.66. The maximum atomic E-state index is 12.6. The summed E-state index contributed by atoms with van der Waals surface area (Å²) in [5.74, 6) is 0.255. The Morgan fingerprint density at radius 2 is 1.67 bits per heavy atom. The summed E-state index contributed by atoms with van der Waals surface area (Å²) in [6.07, 6.45) is 1.84. The summed E-state index contributed by atoms with van der Waals surface area (Å²) in [7, 11) is 3.35. The van der Waals surface area contributed by atoms with Crippen LogP contribution >= 0.6 is 0 Å². The molecule has 2 atom stereocenters. The van der Waals surface area contributed by atoms with E-state index in [2.05, 4.69) is 12.2 Å². The highest BCUT2D eigenvalue weighted by Gasteiger charge is 2.43. The van der Waals surface area contributed by atoms with E-state index in [0.29, 0.717) is 13.1 Å². The molecule has 0 radical (unpaired) electrons. The number of nitrogens with one attached hydrogen (secondary N) is 1. The highest BCUT2D eigenvalue weighted by Crippen LogP contribution is 2.32. The topological polar surface area (TPSA) is 50.8 Å². The van der Waals surface area contributed by atoms with Gasteiger partial charge in [0.2, 0.25) is 5.91 Å². The van der Waals surface area contributed by atoms with Crippen LogP contribution in [0.5, 0.6) is 0 Å². The molecule has 0 bridgehead atoms. The summed E-state index contributed by atoms with van der Waals surface area (Å²) in [4.78, 5) is 14.5. The van der Waals surface area contributed by atoms with E-state index >= 15 is 0 Å². The van der Waals surface area contributed by atoms with Crippen LogP contribution in [0.25, 0.3) is 0 Å². The molecule has 104 valence electrons. The summed E-state index contributed by atoms with van der Waals surface area (Å²) in [6.45, 7) is 5.24. The van der Waals surface area contributed by atoms with Crippen molar-refractivity contribution in [2.45, 2.75) is 32.0 Å². The second-order valence-corrected chi connectivity index (χ2v) is 5.57. The third kappa shape index (κ3) is 2.53. The van der Waals surface area contributed by atoms with Gasteiger partial charge in [-0.2, -0.15) is 0 Å². The van der Waals surface area contributed by atoms with Crippen LogP contribution in [0.1, 0.15) is 19.8 Å². The monoisotopic (exact) mass is 256 g/mol. The van der Waals surface area contributed by atoms with E-state index in [1.54, 1.807) is 14.2 Å². The van der Waals surface area contributed by atoms with Crippen molar-refractivity contribution >= 4 is 5.91 Å². The van der Waals surface area contributed by atoms with Gasteiger partial charge in [0.25, 0.3) is 0 Å². The molecule has 2 aliphatic rings. The first-order chi connectivity index (χ1) is 8.60. The predicted molar refractivity (Wildman–Crippen MR) is 68.4 cm³/mol. The number of hydrogen-bond acceptors (Lipinski definition) is 4. The number of piperidine rings is 1. The predicted octanol–water partition coefficient (Wildman–Crippen LogP) is 0.248. The average Bonchev–Trinajstić information content (AvgIpc) is 2.81. The van der Waals surface area contributed by atoms with Gasteiger partial charge in [0.05, 0.1) is 0 Å². The lowest BCUT2D eigenvalue weighted by atomic mass is 9.80. The van der Waals surface area contributed by atoms with Crippen LogP contribution in [0.2, 0.25) is 0 Å². The van der Waals surface area contributed by atoms with E-state index in [4.69, 9.17) is 9.47 Å². The maximum absolute atomic E-state index is 12.6. The summed E-state index contributed by atoms with van der Waals surface area (Å²) >= 11 is 0. The number of carbonyl (C=O) groups is 1. The summed E-state index contributed by atoms with van der Waals surface area (Å²) in [5.41, 5.74) is -0.216. The third-order valence-electron chi connectivity index (χ3n) is 4.33. The summed E-state index contributed by atoms with van der Waals surface area (Å²) in [6, 6.07) is 0. The first kappa shape index (κ1) is 13.8. The van der Waals surface area contributed by atoms with Gasteiger partial charge < -0.3 is 19.7 Å². The van der Waals surface area contributed by atoms with Gasteiger partial charge >= 0.3 is 0 Å². The van der Waals surface area contributed by atoms with Crippen LogP contribution < -0.4 is 5.32 Å². The smallest absolute Gasteiger partial charge is 0.228 e. The number of methoxy groups -OCH3 is 2. The molecule has 5 nitrogen and oxygen atoms in total. The van der Waals surface area contributed by atoms with Crippen LogP contribution in [0.15, 0.2) is 0 Å². The number of likely N-dealkylation sites (tertiary alicyclic amines) is 1. The highest BCUT2D eigenvalue weighted by atomic mass is 16.5. The molecule has 2 rings (SSSR count). The Morgan fingerprint density at radius 1 is 1.17 bits per heavy atom. The van der Waals surface area contributed by atoms with E-state index < -0.39 is 0 Å². The largest absolute Gasteiger partial charge is 0.377 e. The number of hydrogen-bond donors (Lipinski definition) is 1. The Labute approximate surface area is 109 Å². The normalized spacial score (nSPS) is 31.6. The third-order valence-corrected chi connectivity index (χ3v) is 4.33. The molecule has 18 heavy (non-hydrogen) atoms. The second-order valence-electron chi connectivity index (χ2n) is 5.57. The Bertz CT molecular complexity index is 291. The van der Waals surface area contributed by atoms with Crippen molar-refractivity contribution in [1.82, 2.24) is 10.2 Å². The van der Waals surface area contributed by atoms with Gasteiger partial charge in [0.1, 0.15) is 12.2 Å². The van der Waals surface area contributed by atoms with Gasteiger partial charge in [-0.25, -0.2) is 0 Å². The molecular formula is C13H24N2O3. The lowest BCUT2D eigenvalue weighted by Gasteiger charge is -2.35. The van der Waals surface area contributed by atoms with E-state index in [0.717, 1.165) is 25.9 Å². The van der Waals surface area contributed by atoms with Crippen LogP contribution in [0, 0.1) is 5.41 Å². The molecule has 0 aromatic heterocycles. The molecule has 2 aliphatic heterocycles. The average molecular weight is 256 g/mol. The zero-order valence-electron chi connectivity index (χ0n) is 11.6. The van der Waals surface area contributed by atoms with Crippen molar-refractivity contribution in [3.63, 3.8) is 0 Å². The van der Waals surface area contributed by atoms with Crippen molar-refractivity contribution in [1.29, 1.82) is 0 Å². The molecule has 0 aliphatic carbocycles. The Balaban J connectivity index is 2.01. The molecule has 2 fully saturated rings. The van der Waals surface area contributed by atoms with Gasteiger partial charge in [-0.05, 0) is 25.9 Å². The fourth-order valence-electron chi connectivity index (χ4n) is 2.94.